The molecule has 6 rings (SSSR count). The van der Waals surface area contributed by atoms with Crippen molar-refractivity contribution >= 4 is 22.6 Å². The highest BCUT2D eigenvalue weighted by atomic mass is 16.5. The average Bonchev–Trinajstić information content (AvgIpc) is 3.65. The molecule has 3 aliphatic rings. The zero-order valence-electron chi connectivity index (χ0n) is 20.6. The minimum absolute atomic E-state index is 0.0912. The van der Waals surface area contributed by atoms with Crippen molar-refractivity contribution in [3.63, 3.8) is 0 Å². The number of H-pyrrole nitrogens is 2. The van der Waals surface area contributed by atoms with E-state index in [1.807, 2.05) is 12.1 Å². The largest absolute Gasteiger partial charge is 0.379 e. The number of nitrogens with one attached hydrogen (secondary N) is 3. The first-order chi connectivity index (χ1) is 17.7. The highest BCUT2D eigenvalue weighted by molar-refractivity contribution is 6.06. The summed E-state index contributed by atoms with van der Waals surface area (Å²) in [6, 6.07) is 6.31. The fraction of sp³-hybridized carbons (Fsp3) is 0.444. The van der Waals surface area contributed by atoms with Crippen LogP contribution in [0.15, 0.2) is 47.7 Å². The number of imidazole rings is 1. The molecule has 0 radical (unpaired) electrons. The Morgan fingerprint density at radius 3 is 2.72 bits per heavy atom. The summed E-state index contributed by atoms with van der Waals surface area (Å²) in [6.45, 7) is 7.64. The SMILES string of the molecule is O=C(Nc1cn[nH]c1-c1nc2ccc(CN3CCOCC3)cc2[nH]1)C1=CC=C(CN2CCCCC2)C1. The van der Waals surface area contributed by atoms with Crippen molar-refractivity contribution in [1.82, 2.24) is 30.0 Å². The van der Waals surface area contributed by atoms with E-state index in [0.717, 1.165) is 69.1 Å². The van der Waals surface area contributed by atoms with Crippen molar-refractivity contribution in [2.75, 3.05) is 51.3 Å². The molecule has 9 nitrogen and oxygen atoms in total. The van der Waals surface area contributed by atoms with Crippen LogP contribution in [0.5, 0.6) is 0 Å². The smallest absolute Gasteiger partial charge is 0.252 e. The van der Waals surface area contributed by atoms with Crippen LogP contribution in [0, 0.1) is 0 Å². The minimum atomic E-state index is -0.0912. The van der Waals surface area contributed by atoms with Crippen LogP contribution in [0.2, 0.25) is 0 Å². The summed E-state index contributed by atoms with van der Waals surface area (Å²) < 4.78 is 5.45. The third-order valence-corrected chi connectivity index (χ3v) is 7.29. The zero-order valence-corrected chi connectivity index (χ0v) is 20.6. The van der Waals surface area contributed by atoms with E-state index in [0.29, 0.717) is 23.6 Å². The lowest BCUT2D eigenvalue weighted by molar-refractivity contribution is -0.112. The second kappa shape index (κ2) is 10.4. The molecule has 188 valence electrons. The number of aromatic nitrogens is 4. The van der Waals surface area contributed by atoms with E-state index in [1.165, 1.54) is 30.4 Å². The molecule has 0 saturated carbocycles. The van der Waals surface area contributed by atoms with E-state index in [4.69, 9.17) is 9.72 Å². The Bertz CT molecular complexity index is 1290. The van der Waals surface area contributed by atoms with Crippen LogP contribution in [0.4, 0.5) is 5.69 Å². The molecule has 2 aliphatic heterocycles. The van der Waals surface area contributed by atoms with E-state index >= 15 is 0 Å². The number of likely N-dealkylation sites (tertiary alicyclic amines) is 1. The quantitative estimate of drug-likeness (QED) is 0.472. The van der Waals surface area contributed by atoms with Crippen LogP contribution in [0.3, 0.4) is 0 Å². The number of allylic oxidation sites excluding steroid dienone is 2. The summed E-state index contributed by atoms with van der Waals surface area (Å²) in [5.41, 5.74) is 6.47. The van der Waals surface area contributed by atoms with Gasteiger partial charge in [0.25, 0.3) is 5.91 Å². The maximum Gasteiger partial charge on any atom is 0.252 e. The van der Waals surface area contributed by atoms with Gasteiger partial charge in [-0.25, -0.2) is 4.98 Å². The fourth-order valence-corrected chi connectivity index (χ4v) is 5.31. The highest BCUT2D eigenvalue weighted by Crippen LogP contribution is 2.28. The predicted octanol–water partition coefficient (Wildman–Crippen LogP) is 3.47. The van der Waals surface area contributed by atoms with Crippen LogP contribution in [0.1, 0.15) is 31.2 Å². The summed E-state index contributed by atoms with van der Waals surface area (Å²) >= 11 is 0. The summed E-state index contributed by atoms with van der Waals surface area (Å²) in [4.78, 5) is 26.1. The Kier molecular flexibility index (Phi) is 6.67. The van der Waals surface area contributed by atoms with Crippen LogP contribution >= 0.6 is 0 Å². The molecule has 0 spiro atoms. The Morgan fingerprint density at radius 2 is 1.86 bits per heavy atom. The molecule has 36 heavy (non-hydrogen) atoms. The lowest BCUT2D eigenvalue weighted by Gasteiger charge is -2.26. The number of carbonyl (C=O) groups excluding carboxylic acids is 1. The van der Waals surface area contributed by atoms with Crippen LogP contribution in [-0.2, 0) is 16.1 Å². The maximum absolute atomic E-state index is 13.0. The minimum Gasteiger partial charge on any atom is -0.379 e. The lowest BCUT2D eigenvalue weighted by Crippen LogP contribution is -2.35. The van der Waals surface area contributed by atoms with Crippen molar-refractivity contribution in [2.24, 2.45) is 0 Å². The molecule has 9 heteroatoms. The topological polar surface area (TPSA) is 102 Å². The molecular weight excluding hydrogens is 454 g/mol. The standard InChI is InChI=1S/C27H33N7O2/c35-27(21-6-4-19(14-21)17-33-8-2-1-3-9-33)31-24-16-28-32-25(24)26-29-22-7-5-20(15-23(22)30-26)18-34-10-12-36-13-11-34/h4-7,15-16H,1-3,8-14,17-18H2,(H,28,32)(H,29,30)(H,31,35). The summed E-state index contributed by atoms with van der Waals surface area (Å²) in [5.74, 6) is 0.567. The van der Waals surface area contributed by atoms with Crippen molar-refractivity contribution in [2.45, 2.75) is 32.2 Å². The number of carbonyl (C=O) groups is 1. The second-order valence-corrected chi connectivity index (χ2v) is 9.97. The monoisotopic (exact) mass is 487 g/mol. The molecule has 3 N–H and O–H groups in total. The predicted molar refractivity (Wildman–Crippen MR) is 139 cm³/mol. The number of fused-ring (bicyclic) bond motifs is 1. The molecule has 2 saturated heterocycles. The first kappa shape index (κ1) is 23.1. The zero-order chi connectivity index (χ0) is 24.3. The van der Waals surface area contributed by atoms with Gasteiger partial charge in [0.05, 0.1) is 36.1 Å². The Hall–Kier alpha value is -3.27. The molecule has 0 unspecified atom stereocenters. The Labute approximate surface area is 210 Å². The number of amides is 1. The van der Waals surface area contributed by atoms with Crippen LogP contribution in [0.25, 0.3) is 22.6 Å². The van der Waals surface area contributed by atoms with Gasteiger partial charge in [-0.15, -0.1) is 0 Å². The number of ether oxygens (including phenoxy) is 1. The van der Waals surface area contributed by atoms with E-state index in [-0.39, 0.29) is 5.91 Å². The number of anilines is 1. The second-order valence-electron chi connectivity index (χ2n) is 9.97. The fourth-order valence-electron chi connectivity index (χ4n) is 5.31. The number of hydrogen-bond acceptors (Lipinski definition) is 6. The number of morpholine rings is 1. The van der Waals surface area contributed by atoms with Gasteiger partial charge in [-0.2, -0.15) is 5.10 Å². The van der Waals surface area contributed by atoms with E-state index < -0.39 is 0 Å². The van der Waals surface area contributed by atoms with E-state index in [9.17, 15) is 4.79 Å². The van der Waals surface area contributed by atoms with Gasteiger partial charge in [-0.3, -0.25) is 19.7 Å². The molecule has 1 aliphatic carbocycles. The molecule has 1 amide bonds. The molecule has 2 aromatic heterocycles. The summed E-state index contributed by atoms with van der Waals surface area (Å²) in [5, 5.41) is 10.2. The number of nitrogens with zero attached hydrogens (tertiary/aromatic N) is 4. The molecule has 1 aromatic carbocycles. The van der Waals surface area contributed by atoms with Gasteiger partial charge in [0.1, 0.15) is 5.69 Å². The van der Waals surface area contributed by atoms with Crippen LogP contribution < -0.4 is 5.32 Å². The van der Waals surface area contributed by atoms with Gasteiger partial charge in [0.2, 0.25) is 0 Å². The van der Waals surface area contributed by atoms with Gasteiger partial charge in [-0.05, 0) is 43.6 Å². The number of rotatable bonds is 7. The molecular formula is C27H33N7O2. The molecule has 2 fully saturated rings. The molecule has 4 heterocycles. The third-order valence-electron chi connectivity index (χ3n) is 7.29. The highest BCUT2D eigenvalue weighted by Gasteiger charge is 2.21. The van der Waals surface area contributed by atoms with Gasteiger partial charge in [0, 0.05) is 38.2 Å². The van der Waals surface area contributed by atoms with Crippen molar-refractivity contribution in [3.8, 4) is 11.5 Å². The number of piperidine rings is 1. The van der Waals surface area contributed by atoms with Crippen molar-refractivity contribution in [1.29, 1.82) is 0 Å². The summed E-state index contributed by atoms with van der Waals surface area (Å²) in [6.07, 6.45) is 10.3. The lowest BCUT2D eigenvalue weighted by atomic mass is 10.1. The number of aromatic amines is 2. The van der Waals surface area contributed by atoms with Gasteiger partial charge >= 0.3 is 0 Å². The van der Waals surface area contributed by atoms with Crippen molar-refractivity contribution in [3.05, 3.63) is 53.3 Å². The third kappa shape index (κ3) is 5.13. The first-order valence-electron chi connectivity index (χ1n) is 13.0. The number of benzene rings is 1. The Morgan fingerprint density at radius 1 is 1.03 bits per heavy atom. The van der Waals surface area contributed by atoms with E-state index in [1.54, 1.807) is 6.20 Å². The maximum atomic E-state index is 13.0. The molecule has 0 bridgehead atoms. The van der Waals surface area contributed by atoms with Crippen molar-refractivity contribution < 1.29 is 9.53 Å². The van der Waals surface area contributed by atoms with Crippen LogP contribution in [-0.4, -0.2) is 81.8 Å². The Balaban J connectivity index is 1.11. The van der Waals surface area contributed by atoms with Gasteiger partial charge in [-0.1, -0.05) is 30.2 Å². The molecule has 0 atom stereocenters. The van der Waals surface area contributed by atoms with E-state index in [2.05, 4.69) is 48.5 Å². The van der Waals surface area contributed by atoms with Gasteiger partial charge in [0.15, 0.2) is 5.82 Å². The average molecular weight is 488 g/mol. The molecule has 3 aromatic rings. The first-order valence-corrected chi connectivity index (χ1v) is 13.0. The number of hydrogen-bond donors (Lipinski definition) is 3. The normalized spacial score (nSPS) is 19.4. The van der Waals surface area contributed by atoms with Gasteiger partial charge < -0.3 is 15.0 Å². The summed E-state index contributed by atoms with van der Waals surface area (Å²) in [7, 11) is 0.